The molecule has 1 saturated carbocycles. The summed E-state index contributed by atoms with van der Waals surface area (Å²) >= 11 is 6.27. The van der Waals surface area contributed by atoms with Gasteiger partial charge in [0, 0.05) is 25.7 Å². The van der Waals surface area contributed by atoms with Gasteiger partial charge in [0.2, 0.25) is 0 Å². The van der Waals surface area contributed by atoms with Gasteiger partial charge in [0.05, 0.1) is 11.2 Å². The summed E-state index contributed by atoms with van der Waals surface area (Å²) in [6, 6.07) is 0.349. The topological polar surface area (TPSA) is 50.2 Å². The van der Waals surface area contributed by atoms with Crippen molar-refractivity contribution >= 4 is 17.3 Å². The maximum atomic E-state index is 12.7. The van der Waals surface area contributed by atoms with Crippen LogP contribution >= 0.6 is 11.6 Å². The third kappa shape index (κ3) is 2.69. The fraction of sp³-hybridized carbons (Fsp3) is 0.714. The zero-order chi connectivity index (χ0) is 14.1. The molecule has 1 aliphatic heterocycles. The van der Waals surface area contributed by atoms with Crippen LogP contribution in [0.5, 0.6) is 0 Å². The third-order valence-corrected chi connectivity index (χ3v) is 4.48. The summed E-state index contributed by atoms with van der Waals surface area (Å²) in [6.07, 6.45) is 5.08. The number of halogens is 1. The first-order valence-corrected chi connectivity index (χ1v) is 7.81. The van der Waals surface area contributed by atoms with Gasteiger partial charge in [0.25, 0.3) is 5.56 Å². The lowest BCUT2D eigenvalue weighted by atomic mass is 10.2. The Bertz CT molecular complexity index is 534. The average Bonchev–Trinajstić information content (AvgIpc) is 3.09. The molecule has 1 aromatic heterocycles. The molecule has 110 valence electrons. The Hall–Kier alpha value is -1.07. The molecule has 2 heterocycles. The van der Waals surface area contributed by atoms with Crippen LogP contribution in [0.15, 0.2) is 11.0 Å². The molecule has 3 rings (SSSR count). The first-order chi connectivity index (χ1) is 9.70. The van der Waals surface area contributed by atoms with Crippen LogP contribution in [-0.4, -0.2) is 35.5 Å². The van der Waals surface area contributed by atoms with Crippen LogP contribution in [0.4, 0.5) is 5.69 Å². The molecule has 2 fully saturated rings. The van der Waals surface area contributed by atoms with Gasteiger partial charge in [-0.15, -0.1) is 0 Å². The molecule has 0 spiro atoms. The van der Waals surface area contributed by atoms with E-state index in [1.54, 1.807) is 10.9 Å². The van der Waals surface area contributed by atoms with Crippen molar-refractivity contribution in [3.8, 4) is 0 Å². The van der Waals surface area contributed by atoms with E-state index in [4.69, 9.17) is 11.6 Å². The quantitative estimate of drug-likeness (QED) is 0.894. The summed E-state index contributed by atoms with van der Waals surface area (Å²) in [5.74, 6) is 0.623. The van der Waals surface area contributed by atoms with Gasteiger partial charge < -0.3 is 10.2 Å². The van der Waals surface area contributed by atoms with Crippen molar-refractivity contribution in [1.82, 2.24) is 15.1 Å². The highest BCUT2D eigenvalue weighted by molar-refractivity contribution is 6.33. The van der Waals surface area contributed by atoms with Gasteiger partial charge in [-0.05, 0) is 38.6 Å². The zero-order valence-corrected chi connectivity index (χ0v) is 12.6. The second kappa shape index (κ2) is 5.74. The number of rotatable bonds is 5. The number of nitrogens with zero attached hydrogens (tertiary/aromatic N) is 3. The number of anilines is 1. The van der Waals surface area contributed by atoms with Gasteiger partial charge in [-0.3, -0.25) is 4.79 Å². The molecule has 0 amide bonds. The van der Waals surface area contributed by atoms with Crippen molar-refractivity contribution in [3.63, 3.8) is 0 Å². The Morgan fingerprint density at radius 1 is 1.50 bits per heavy atom. The van der Waals surface area contributed by atoms with E-state index in [9.17, 15) is 4.79 Å². The predicted octanol–water partition coefficient (Wildman–Crippen LogP) is 1.49. The maximum absolute atomic E-state index is 12.7. The summed E-state index contributed by atoms with van der Waals surface area (Å²) < 4.78 is 1.59. The molecular formula is C14H21ClN4O. The van der Waals surface area contributed by atoms with Crippen molar-refractivity contribution < 1.29 is 0 Å². The summed E-state index contributed by atoms with van der Waals surface area (Å²) in [5, 5.41) is 8.00. The fourth-order valence-electron chi connectivity index (χ4n) is 2.90. The van der Waals surface area contributed by atoms with Gasteiger partial charge in [0.1, 0.15) is 5.69 Å². The van der Waals surface area contributed by atoms with Gasteiger partial charge in [-0.1, -0.05) is 11.6 Å². The van der Waals surface area contributed by atoms with Crippen molar-refractivity contribution in [1.29, 1.82) is 0 Å². The van der Waals surface area contributed by atoms with Crippen LogP contribution < -0.4 is 15.8 Å². The molecule has 1 saturated heterocycles. The Kier molecular flexibility index (Phi) is 3.98. The average molecular weight is 297 g/mol. The number of likely N-dealkylation sites (N-methyl/N-ethyl adjacent to an activating group) is 1. The zero-order valence-electron chi connectivity index (χ0n) is 11.8. The lowest BCUT2D eigenvalue weighted by molar-refractivity contribution is 0.528. The highest BCUT2D eigenvalue weighted by atomic mass is 35.5. The van der Waals surface area contributed by atoms with Crippen LogP contribution in [0, 0.1) is 5.92 Å². The normalized spacial score (nSPS) is 22.2. The lowest BCUT2D eigenvalue weighted by Gasteiger charge is -2.29. The Morgan fingerprint density at radius 3 is 2.90 bits per heavy atom. The molecule has 6 heteroatoms. The van der Waals surface area contributed by atoms with Gasteiger partial charge in [-0.25, -0.2) is 4.68 Å². The number of aromatic nitrogens is 2. The van der Waals surface area contributed by atoms with E-state index in [0.29, 0.717) is 22.7 Å². The van der Waals surface area contributed by atoms with E-state index in [1.165, 1.54) is 12.8 Å². The number of nitrogens with one attached hydrogen (secondary N) is 1. The molecular weight excluding hydrogens is 276 g/mol. The fourth-order valence-corrected chi connectivity index (χ4v) is 3.13. The van der Waals surface area contributed by atoms with Crippen LogP contribution in [0.3, 0.4) is 0 Å². The van der Waals surface area contributed by atoms with Crippen LogP contribution in [0.25, 0.3) is 0 Å². The van der Waals surface area contributed by atoms with E-state index in [2.05, 4.69) is 22.2 Å². The van der Waals surface area contributed by atoms with Crippen LogP contribution in [-0.2, 0) is 6.54 Å². The van der Waals surface area contributed by atoms with Gasteiger partial charge in [-0.2, -0.15) is 5.10 Å². The molecule has 1 N–H and O–H groups in total. The molecule has 0 aromatic carbocycles. The Balaban J connectivity index is 1.94. The smallest absolute Gasteiger partial charge is 0.291 e. The molecule has 1 aromatic rings. The number of hydrogen-bond acceptors (Lipinski definition) is 4. The van der Waals surface area contributed by atoms with Gasteiger partial charge >= 0.3 is 0 Å². The highest BCUT2D eigenvalue weighted by Gasteiger charge is 2.28. The Labute approximate surface area is 123 Å². The monoisotopic (exact) mass is 296 g/mol. The molecule has 5 nitrogen and oxygen atoms in total. The van der Waals surface area contributed by atoms with E-state index in [1.807, 2.05) is 0 Å². The molecule has 20 heavy (non-hydrogen) atoms. The van der Waals surface area contributed by atoms with Crippen LogP contribution in [0.1, 0.15) is 26.2 Å². The second-order valence-electron chi connectivity index (χ2n) is 5.70. The van der Waals surface area contributed by atoms with E-state index < -0.39 is 0 Å². The third-order valence-electron chi connectivity index (χ3n) is 4.20. The van der Waals surface area contributed by atoms with Crippen molar-refractivity contribution in [2.75, 3.05) is 24.5 Å². The van der Waals surface area contributed by atoms with Crippen molar-refractivity contribution in [2.45, 2.75) is 38.8 Å². The molecule has 1 unspecified atom stereocenters. The summed E-state index contributed by atoms with van der Waals surface area (Å²) in [4.78, 5) is 14.8. The predicted molar refractivity (Wildman–Crippen MR) is 80.5 cm³/mol. The minimum absolute atomic E-state index is 0.0434. The minimum atomic E-state index is -0.0434. The number of hydrogen-bond donors (Lipinski definition) is 1. The van der Waals surface area contributed by atoms with E-state index in [0.717, 1.165) is 32.6 Å². The largest absolute Gasteiger partial charge is 0.362 e. The lowest BCUT2D eigenvalue weighted by Crippen LogP contribution is -2.41. The highest BCUT2D eigenvalue weighted by Crippen LogP contribution is 2.30. The minimum Gasteiger partial charge on any atom is -0.362 e. The van der Waals surface area contributed by atoms with E-state index in [-0.39, 0.29) is 5.56 Å². The summed E-state index contributed by atoms with van der Waals surface area (Å²) in [7, 11) is 0. The molecule has 2 aliphatic rings. The first-order valence-electron chi connectivity index (χ1n) is 7.43. The Morgan fingerprint density at radius 2 is 2.30 bits per heavy atom. The summed E-state index contributed by atoms with van der Waals surface area (Å²) in [6.45, 7) is 5.49. The first kappa shape index (κ1) is 13.9. The van der Waals surface area contributed by atoms with Crippen LogP contribution in [0.2, 0.25) is 5.02 Å². The second-order valence-corrected chi connectivity index (χ2v) is 6.11. The van der Waals surface area contributed by atoms with E-state index >= 15 is 0 Å². The van der Waals surface area contributed by atoms with Crippen molar-refractivity contribution in [2.24, 2.45) is 5.92 Å². The molecule has 0 bridgehead atoms. The standard InChI is InChI=1S/C14H21ClN4O/c1-2-18(11-5-6-16-7-11)13-12(15)8-17-19(14(13)20)9-10-3-4-10/h8,10-11,16H,2-7,9H2,1H3. The summed E-state index contributed by atoms with van der Waals surface area (Å²) in [5.41, 5.74) is 0.580. The molecule has 0 radical (unpaired) electrons. The maximum Gasteiger partial charge on any atom is 0.291 e. The van der Waals surface area contributed by atoms with Gasteiger partial charge in [0.15, 0.2) is 0 Å². The SMILES string of the molecule is CCN(c1c(Cl)cnn(CC2CC2)c1=O)C1CCNC1. The molecule has 1 atom stereocenters. The van der Waals surface area contributed by atoms with Crippen molar-refractivity contribution in [3.05, 3.63) is 21.6 Å². The molecule has 1 aliphatic carbocycles.